The Balaban J connectivity index is 1.70. The van der Waals surface area contributed by atoms with Gasteiger partial charge >= 0.3 is 0 Å². The third-order valence-electron chi connectivity index (χ3n) is 2.78. The molecule has 0 aromatic heterocycles. The minimum Gasteiger partial charge on any atom is -0.351 e. The van der Waals surface area contributed by atoms with E-state index in [-0.39, 0.29) is 5.91 Å². The zero-order chi connectivity index (χ0) is 14.2. The van der Waals surface area contributed by atoms with E-state index in [0.29, 0.717) is 17.3 Å². The van der Waals surface area contributed by atoms with Gasteiger partial charge in [-0.05, 0) is 17.2 Å². The normalized spacial score (nSPS) is 10.2. The summed E-state index contributed by atoms with van der Waals surface area (Å²) in [4.78, 5) is 11.7. The molecule has 1 N–H and O–H groups in total. The van der Waals surface area contributed by atoms with Crippen molar-refractivity contribution in [1.82, 2.24) is 5.32 Å². The number of carbonyl (C=O) groups is 1. The first-order chi connectivity index (χ1) is 9.75. The Bertz CT molecular complexity index is 559. The number of halogens is 1. The second-order valence-corrected chi connectivity index (χ2v) is 5.74. The maximum absolute atomic E-state index is 11.7. The Morgan fingerprint density at radius 3 is 2.50 bits per heavy atom. The van der Waals surface area contributed by atoms with Gasteiger partial charge in [0.25, 0.3) is 0 Å². The molecule has 2 rings (SSSR count). The SMILES string of the molecule is O=C(CSCc1ccccc1)NCc1ccccc1Cl. The van der Waals surface area contributed by atoms with Gasteiger partial charge in [-0.15, -0.1) is 11.8 Å². The zero-order valence-electron chi connectivity index (χ0n) is 11.0. The van der Waals surface area contributed by atoms with Crippen molar-refractivity contribution in [2.24, 2.45) is 0 Å². The molecular formula is C16H16ClNOS. The Morgan fingerprint density at radius 2 is 1.75 bits per heavy atom. The van der Waals surface area contributed by atoms with Crippen molar-refractivity contribution in [3.05, 3.63) is 70.7 Å². The van der Waals surface area contributed by atoms with Crippen LogP contribution in [-0.4, -0.2) is 11.7 Å². The van der Waals surface area contributed by atoms with Gasteiger partial charge in [-0.3, -0.25) is 4.79 Å². The second-order valence-electron chi connectivity index (χ2n) is 4.35. The lowest BCUT2D eigenvalue weighted by Gasteiger charge is -2.07. The third kappa shape index (κ3) is 4.91. The van der Waals surface area contributed by atoms with E-state index in [1.807, 2.05) is 42.5 Å². The van der Waals surface area contributed by atoms with Gasteiger partial charge in [0.05, 0.1) is 5.75 Å². The number of hydrogen-bond donors (Lipinski definition) is 1. The average molecular weight is 306 g/mol. The topological polar surface area (TPSA) is 29.1 Å². The number of hydrogen-bond acceptors (Lipinski definition) is 2. The molecule has 0 unspecified atom stereocenters. The van der Waals surface area contributed by atoms with Crippen LogP contribution in [0.2, 0.25) is 5.02 Å². The van der Waals surface area contributed by atoms with Crippen LogP contribution in [0.3, 0.4) is 0 Å². The molecule has 20 heavy (non-hydrogen) atoms. The van der Waals surface area contributed by atoms with Crippen molar-refractivity contribution in [2.75, 3.05) is 5.75 Å². The number of thioether (sulfide) groups is 1. The zero-order valence-corrected chi connectivity index (χ0v) is 12.6. The van der Waals surface area contributed by atoms with Gasteiger partial charge < -0.3 is 5.32 Å². The van der Waals surface area contributed by atoms with E-state index in [9.17, 15) is 4.79 Å². The molecule has 2 aromatic rings. The summed E-state index contributed by atoms with van der Waals surface area (Å²) in [5.74, 6) is 1.34. The maximum atomic E-state index is 11.7. The number of benzene rings is 2. The molecule has 2 aromatic carbocycles. The molecule has 1 amide bonds. The molecule has 0 aliphatic carbocycles. The summed E-state index contributed by atoms with van der Waals surface area (Å²) in [5.41, 5.74) is 2.17. The molecule has 0 spiro atoms. The molecule has 0 heterocycles. The highest BCUT2D eigenvalue weighted by Gasteiger charge is 2.04. The third-order valence-corrected chi connectivity index (χ3v) is 4.15. The largest absolute Gasteiger partial charge is 0.351 e. The minimum absolute atomic E-state index is 0.0332. The van der Waals surface area contributed by atoms with Gasteiger partial charge in [0, 0.05) is 17.3 Å². The van der Waals surface area contributed by atoms with E-state index in [4.69, 9.17) is 11.6 Å². The van der Waals surface area contributed by atoms with E-state index in [1.165, 1.54) is 5.56 Å². The second kappa shape index (κ2) is 7.98. The van der Waals surface area contributed by atoms with Crippen LogP contribution in [0.25, 0.3) is 0 Å². The summed E-state index contributed by atoms with van der Waals surface area (Å²) in [5, 5.41) is 3.57. The van der Waals surface area contributed by atoms with Crippen molar-refractivity contribution < 1.29 is 4.79 Å². The van der Waals surface area contributed by atoms with E-state index in [2.05, 4.69) is 17.4 Å². The Labute approximate surface area is 128 Å². The molecule has 4 heteroatoms. The molecular weight excluding hydrogens is 290 g/mol. The van der Waals surface area contributed by atoms with Crippen LogP contribution in [0.4, 0.5) is 0 Å². The predicted molar refractivity (Wildman–Crippen MR) is 85.9 cm³/mol. The summed E-state index contributed by atoms with van der Waals surface area (Å²) < 4.78 is 0. The molecule has 2 nitrogen and oxygen atoms in total. The summed E-state index contributed by atoms with van der Waals surface area (Å²) in [7, 11) is 0. The first-order valence-corrected chi connectivity index (χ1v) is 7.91. The van der Waals surface area contributed by atoms with Gasteiger partial charge in [0.1, 0.15) is 0 Å². The van der Waals surface area contributed by atoms with Gasteiger partial charge in [-0.25, -0.2) is 0 Å². The van der Waals surface area contributed by atoms with Crippen LogP contribution in [0.5, 0.6) is 0 Å². The van der Waals surface area contributed by atoms with Crippen LogP contribution < -0.4 is 5.32 Å². The fourth-order valence-corrected chi connectivity index (χ4v) is 2.74. The Hall–Kier alpha value is -1.45. The maximum Gasteiger partial charge on any atom is 0.230 e. The minimum atomic E-state index is 0.0332. The van der Waals surface area contributed by atoms with Crippen LogP contribution in [-0.2, 0) is 17.1 Å². The van der Waals surface area contributed by atoms with Gasteiger partial charge in [-0.2, -0.15) is 0 Å². The lowest BCUT2D eigenvalue weighted by Crippen LogP contribution is -2.24. The van der Waals surface area contributed by atoms with Crippen molar-refractivity contribution in [3.63, 3.8) is 0 Å². The van der Waals surface area contributed by atoms with E-state index < -0.39 is 0 Å². The van der Waals surface area contributed by atoms with Crippen molar-refractivity contribution in [1.29, 1.82) is 0 Å². The van der Waals surface area contributed by atoms with Crippen LogP contribution in [0.1, 0.15) is 11.1 Å². The molecule has 0 saturated carbocycles. The summed E-state index contributed by atoms with van der Waals surface area (Å²) >= 11 is 7.64. The Kier molecular flexibility index (Phi) is 5.96. The van der Waals surface area contributed by atoms with E-state index >= 15 is 0 Å². The average Bonchev–Trinajstić information content (AvgIpc) is 2.47. The number of nitrogens with one attached hydrogen (secondary N) is 1. The molecule has 0 atom stereocenters. The lowest BCUT2D eigenvalue weighted by atomic mass is 10.2. The molecule has 104 valence electrons. The van der Waals surface area contributed by atoms with Crippen molar-refractivity contribution >= 4 is 29.3 Å². The number of carbonyl (C=O) groups excluding carboxylic acids is 1. The monoisotopic (exact) mass is 305 g/mol. The predicted octanol–water partition coefficient (Wildman–Crippen LogP) is 3.89. The fourth-order valence-electron chi connectivity index (χ4n) is 1.72. The first kappa shape index (κ1) is 14.9. The molecule has 0 bridgehead atoms. The summed E-state index contributed by atoms with van der Waals surface area (Å²) in [6.07, 6.45) is 0. The summed E-state index contributed by atoms with van der Waals surface area (Å²) in [6.45, 7) is 0.477. The van der Waals surface area contributed by atoms with Crippen LogP contribution in [0.15, 0.2) is 54.6 Å². The molecule has 0 aliphatic heterocycles. The quantitative estimate of drug-likeness (QED) is 0.877. The number of amides is 1. The molecule has 0 fully saturated rings. The van der Waals surface area contributed by atoms with Crippen LogP contribution >= 0.6 is 23.4 Å². The molecule has 0 saturated heterocycles. The smallest absolute Gasteiger partial charge is 0.230 e. The summed E-state index contributed by atoms with van der Waals surface area (Å²) in [6, 6.07) is 17.7. The van der Waals surface area contributed by atoms with Gasteiger partial charge in [0.15, 0.2) is 0 Å². The highest BCUT2D eigenvalue weighted by molar-refractivity contribution is 7.99. The highest BCUT2D eigenvalue weighted by atomic mass is 35.5. The van der Waals surface area contributed by atoms with Crippen molar-refractivity contribution in [3.8, 4) is 0 Å². The highest BCUT2D eigenvalue weighted by Crippen LogP contribution is 2.15. The van der Waals surface area contributed by atoms with Gasteiger partial charge in [0.2, 0.25) is 5.91 Å². The lowest BCUT2D eigenvalue weighted by molar-refractivity contribution is -0.118. The first-order valence-electron chi connectivity index (χ1n) is 6.37. The fraction of sp³-hybridized carbons (Fsp3) is 0.188. The van der Waals surface area contributed by atoms with Crippen molar-refractivity contribution in [2.45, 2.75) is 12.3 Å². The van der Waals surface area contributed by atoms with E-state index in [1.54, 1.807) is 11.8 Å². The Morgan fingerprint density at radius 1 is 1.05 bits per heavy atom. The van der Waals surface area contributed by atoms with E-state index in [0.717, 1.165) is 11.3 Å². The van der Waals surface area contributed by atoms with Gasteiger partial charge in [-0.1, -0.05) is 60.1 Å². The molecule has 0 aliphatic rings. The number of rotatable bonds is 6. The standard InChI is InChI=1S/C16H16ClNOS/c17-15-9-5-4-8-14(15)10-18-16(19)12-20-11-13-6-2-1-3-7-13/h1-9H,10-12H2,(H,18,19). The van der Waals surface area contributed by atoms with Crippen LogP contribution in [0, 0.1) is 0 Å². The molecule has 0 radical (unpaired) electrons.